The SMILES string of the molecule is [2H]c1c([2H])c([2H])c2c(c1[2H])C(=O)NC2(O)c1ccc(Cl)c(S(N)(=O)=O)c1. The first-order chi connectivity index (χ1) is 11.9. The molecule has 1 atom stereocenters. The van der Waals surface area contributed by atoms with Crippen LogP contribution in [-0.4, -0.2) is 19.4 Å². The van der Waals surface area contributed by atoms with Gasteiger partial charge in [-0.25, -0.2) is 13.6 Å². The first-order valence-corrected chi connectivity index (χ1v) is 7.80. The van der Waals surface area contributed by atoms with Crippen LogP contribution in [0.15, 0.2) is 47.3 Å². The number of nitrogens with two attached hydrogens (primary N) is 1. The molecule has 1 unspecified atom stereocenters. The van der Waals surface area contributed by atoms with Crippen molar-refractivity contribution < 1.29 is 23.8 Å². The highest BCUT2D eigenvalue weighted by atomic mass is 35.5. The molecule has 1 aliphatic rings. The summed E-state index contributed by atoms with van der Waals surface area (Å²) in [6.45, 7) is 0. The standard InChI is InChI=1S/C14H11ClN2O4S/c15-11-6-5-8(7-12(11)22(16,20)21)14(19)10-4-2-1-3-9(10)13(18)17-14/h1-7,19H,(H,17,18)(H2,16,20,21)/i1D,2D,3D,4D. The first kappa shape index (κ1) is 10.7. The number of nitrogens with one attached hydrogen (secondary N) is 1. The number of hydrogen-bond acceptors (Lipinski definition) is 4. The van der Waals surface area contributed by atoms with Crippen LogP contribution in [0.2, 0.25) is 5.02 Å². The van der Waals surface area contributed by atoms with E-state index in [1.165, 1.54) is 6.07 Å². The minimum absolute atomic E-state index is 0.178. The molecule has 0 aliphatic carbocycles. The van der Waals surface area contributed by atoms with Gasteiger partial charge in [0.15, 0.2) is 5.72 Å². The van der Waals surface area contributed by atoms with Gasteiger partial charge in [0.1, 0.15) is 4.90 Å². The fourth-order valence-corrected chi connectivity index (χ4v) is 3.28. The topological polar surface area (TPSA) is 109 Å². The van der Waals surface area contributed by atoms with Gasteiger partial charge in [-0.1, -0.05) is 35.8 Å². The Morgan fingerprint density at radius 3 is 2.68 bits per heavy atom. The average Bonchev–Trinajstić information content (AvgIpc) is 2.82. The molecule has 1 heterocycles. The molecular formula is C14H11ClN2O4S. The van der Waals surface area contributed by atoms with Gasteiger partial charge in [-0.2, -0.15) is 0 Å². The zero-order valence-electron chi connectivity index (χ0n) is 14.8. The number of carbonyl (C=O) groups is 1. The lowest BCUT2D eigenvalue weighted by Crippen LogP contribution is -2.40. The summed E-state index contributed by atoms with van der Waals surface area (Å²) in [5, 5.41) is 18.1. The maximum Gasteiger partial charge on any atom is 0.254 e. The van der Waals surface area contributed by atoms with Crippen LogP contribution in [0, 0.1) is 0 Å². The Morgan fingerprint density at radius 1 is 1.32 bits per heavy atom. The molecule has 114 valence electrons. The zero-order valence-corrected chi connectivity index (χ0v) is 12.3. The van der Waals surface area contributed by atoms with Crippen molar-refractivity contribution in [2.75, 3.05) is 0 Å². The molecule has 0 bridgehead atoms. The molecule has 2 aromatic rings. The molecule has 0 aromatic heterocycles. The van der Waals surface area contributed by atoms with Crippen molar-refractivity contribution in [2.45, 2.75) is 10.6 Å². The number of halogens is 1. The smallest absolute Gasteiger partial charge is 0.254 e. The quantitative estimate of drug-likeness (QED) is 0.754. The number of aliphatic hydroxyl groups is 1. The van der Waals surface area contributed by atoms with Crippen LogP contribution >= 0.6 is 11.6 Å². The predicted molar refractivity (Wildman–Crippen MR) is 79.7 cm³/mol. The summed E-state index contributed by atoms with van der Waals surface area (Å²) < 4.78 is 54.6. The highest BCUT2D eigenvalue weighted by Crippen LogP contribution is 2.36. The van der Waals surface area contributed by atoms with Crippen LogP contribution < -0.4 is 10.5 Å². The van der Waals surface area contributed by atoms with Gasteiger partial charge < -0.3 is 10.4 Å². The maximum absolute atomic E-state index is 12.3. The second-order valence-electron chi connectivity index (χ2n) is 4.60. The number of carbonyl (C=O) groups excluding carboxylic acids is 1. The molecular weight excluding hydrogens is 328 g/mol. The van der Waals surface area contributed by atoms with E-state index in [1.54, 1.807) is 0 Å². The lowest BCUT2D eigenvalue weighted by atomic mass is 9.94. The predicted octanol–water partition coefficient (Wildman–Crippen LogP) is 0.924. The van der Waals surface area contributed by atoms with Crippen LogP contribution in [-0.2, 0) is 15.7 Å². The summed E-state index contributed by atoms with van der Waals surface area (Å²) in [5.74, 6) is -0.929. The van der Waals surface area contributed by atoms with Gasteiger partial charge in [-0.15, -0.1) is 0 Å². The van der Waals surface area contributed by atoms with Gasteiger partial charge in [0, 0.05) is 16.7 Å². The lowest BCUT2D eigenvalue weighted by Gasteiger charge is -2.25. The van der Waals surface area contributed by atoms with Crippen LogP contribution in [0.5, 0.6) is 0 Å². The van der Waals surface area contributed by atoms with Crippen molar-refractivity contribution in [1.82, 2.24) is 5.32 Å². The van der Waals surface area contributed by atoms with E-state index in [4.69, 9.17) is 22.2 Å². The molecule has 3 rings (SSSR count). The first-order valence-electron chi connectivity index (χ1n) is 7.88. The molecule has 6 nitrogen and oxygen atoms in total. The minimum atomic E-state index is -4.24. The van der Waals surface area contributed by atoms with Crippen molar-refractivity contribution in [3.63, 3.8) is 0 Å². The third kappa shape index (κ3) is 2.19. The van der Waals surface area contributed by atoms with E-state index in [0.29, 0.717) is 0 Å². The van der Waals surface area contributed by atoms with Crippen LogP contribution in [0.3, 0.4) is 0 Å². The van der Waals surface area contributed by atoms with E-state index in [0.717, 1.165) is 12.1 Å². The fraction of sp³-hybridized carbons (Fsp3) is 0.0714. The normalized spacial score (nSPS) is 23.1. The zero-order chi connectivity index (χ0) is 19.6. The number of amides is 1. The Kier molecular flexibility index (Phi) is 2.34. The third-order valence-corrected chi connectivity index (χ3v) is 4.62. The average molecular weight is 343 g/mol. The van der Waals surface area contributed by atoms with Crippen molar-refractivity contribution in [2.24, 2.45) is 5.14 Å². The van der Waals surface area contributed by atoms with E-state index >= 15 is 0 Å². The van der Waals surface area contributed by atoms with E-state index in [9.17, 15) is 18.3 Å². The van der Waals surface area contributed by atoms with Gasteiger partial charge in [0.2, 0.25) is 10.0 Å². The largest absolute Gasteiger partial charge is 0.363 e. The highest BCUT2D eigenvalue weighted by molar-refractivity contribution is 7.89. The number of hydrogen-bond donors (Lipinski definition) is 3. The Bertz CT molecular complexity index is 1090. The molecule has 8 heteroatoms. The number of benzene rings is 2. The van der Waals surface area contributed by atoms with Crippen molar-refractivity contribution in [1.29, 1.82) is 0 Å². The van der Waals surface area contributed by atoms with Crippen LogP contribution in [0.1, 0.15) is 27.0 Å². The maximum atomic E-state index is 12.3. The van der Waals surface area contributed by atoms with Gasteiger partial charge in [0.05, 0.1) is 10.5 Å². The second-order valence-corrected chi connectivity index (χ2v) is 6.54. The Labute approximate surface area is 137 Å². The van der Waals surface area contributed by atoms with Crippen molar-refractivity contribution >= 4 is 27.5 Å². The molecule has 1 amide bonds. The summed E-state index contributed by atoms with van der Waals surface area (Å²) in [4.78, 5) is 11.7. The summed E-state index contributed by atoms with van der Waals surface area (Å²) in [7, 11) is -4.24. The lowest BCUT2D eigenvalue weighted by molar-refractivity contribution is 0.0474. The molecule has 0 fully saturated rings. The summed E-state index contributed by atoms with van der Waals surface area (Å²) in [6, 6.07) is 0.773. The Hall–Kier alpha value is -1.93. The number of rotatable bonds is 2. The van der Waals surface area contributed by atoms with Gasteiger partial charge in [-0.3, -0.25) is 4.79 Å². The van der Waals surface area contributed by atoms with E-state index in [-0.39, 0.29) is 10.6 Å². The molecule has 2 aromatic carbocycles. The number of primary sulfonamides is 1. The Balaban J connectivity index is 2.36. The second kappa shape index (κ2) is 4.79. The highest BCUT2D eigenvalue weighted by Gasteiger charge is 2.43. The van der Waals surface area contributed by atoms with Gasteiger partial charge in [-0.05, 0) is 18.2 Å². The molecule has 0 radical (unpaired) electrons. The van der Waals surface area contributed by atoms with E-state index in [2.05, 4.69) is 5.32 Å². The molecule has 4 N–H and O–H groups in total. The Morgan fingerprint density at radius 2 is 2.00 bits per heavy atom. The van der Waals surface area contributed by atoms with Gasteiger partial charge >= 0.3 is 0 Å². The van der Waals surface area contributed by atoms with Crippen molar-refractivity contribution in [3.05, 3.63) is 64.1 Å². The number of sulfonamides is 1. The third-order valence-electron chi connectivity index (χ3n) is 3.23. The molecule has 1 aliphatic heterocycles. The summed E-state index contributed by atoms with van der Waals surface area (Å²) >= 11 is 5.81. The minimum Gasteiger partial charge on any atom is -0.363 e. The molecule has 0 spiro atoms. The van der Waals surface area contributed by atoms with Crippen LogP contribution in [0.4, 0.5) is 0 Å². The fourth-order valence-electron chi connectivity index (χ4n) is 2.21. The van der Waals surface area contributed by atoms with Gasteiger partial charge in [0.25, 0.3) is 5.91 Å². The monoisotopic (exact) mass is 342 g/mol. The molecule has 0 saturated carbocycles. The van der Waals surface area contributed by atoms with E-state index < -0.39 is 61.8 Å². The molecule has 22 heavy (non-hydrogen) atoms. The molecule has 0 saturated heterocycles. The van der Waals surface area contributed by atoms with Crippen molar-refractivity contribution in [3.8, 4) is 0 Å². The van der Waals surface area contributed by atoms with Crippen LogP contribution in [0.25, 0.3) is 0 Å². The summed E-state index contributed by atoms with van der Waals surface area (Å²) in [6.07, 6.45) is 0. The summed E-state index contributed by atoms with van der Waals surface area (Å²) in [5.41, 5.74) is -3.39. The number of fused-ring (bicyclic) bond motifs is 1. The van der Waals surface area contributed by atoms with E-state index in [1.807, 2.05) is 0 Å².